The van der Waals surface area contributed by atoms with Crippen LogP contribution in [-0.2, 0) is 13.0 Å². The monoisotopic (exact) mass is 286 g/mol. The Balaban J connectivity index is 1.96. The summed E-state index contributed by atoms with van der Waals surface area (Å²) in [5, 5.41) is 1.99. The molecule has 0 bridgehead atoms. The molecule has 2 aromatic rings. The Kier molecular flexibility index (Phi) is 3.06. The molecule has 2 N–H and O–H groups in total. The molecule has 20 heavy (non-hydrogen) atoms. The largest absolute Gasteiger partial charge is 0.398 e. The summed E-state index contributed by atoms with van der Waals surface area (Å²) in [5.41, 5.74) is 8.11. The van der Waals surface area contributed by atoms with E-state index in [1.807, 2.05) is 11.4 Å². The Morgan fingerprint density at radius 3 is 2.70 bits per heavy atom. The van der Waals surface area contributed by atoms with Crippen LogP contribution in [0.3, 0.4) is 0 Å². The fraction of sp³-hybridized carbons (Fsp3) is 0.200. The summed E-state index contributed by atoms with van der Waals surface area (Å²) in [5.74, 6) is -0.550. The number of amides is 2. The van der Waals surface area contributed by atoms with Gasteiger partial charge in [0.1, 0.15) is 0 Å². The van der Waals surface area contributed by atoms with Crippen LogP contribution in [0.5, 0.6) is 0 Å². The third kappa shape index (κ3) is 1.82. The SMILES string of the molecule is CCc1ccsc1CN1C(=O)c2cccc(N)c2C1=O. The Labute approximate surface area is 120 Å². The highest BCUT2D eigenvalue weighted by Crippen LogP contribution is 2.30. The molecular weight excluding hydrogens is 272 g/mol. The van der Waals surface area contributed by atoms with Crippen molar-refractivity contribution in [2.75, 3.05) is 5.73 Å². The van der Waals surface area contributed by atoms with E-state index in [0.29, 0.717) is 23.4 Å². The van der Waals surface area contributed by atoms with Gasteiger partial charge < -0.3 is 5.73 Å². The third-order valence-corrected chi connectivity index (χ3v) is 4.50. The standard InChI is InChI=1S/C15H14N2O2S/c1-2-9-6-7-20-12(9)8-17-14(18)10-4-3-5-11(16)13(10)15(17)19/h3-7H,2,8,16H2,1H3. The summed E-state index contributed by atoms with van der Waals surface area (Å²) in [6.45, 7) is 2.39. The topological polar surface area (TPSA) is 63.4 Å². The van der Waals surface area contributed by atoms with E-state index in [9.17, 15) is 9.59 Å². The highest BCUT2D eigenvalue weighted by Gasteiger charge is 2.37. The van der Waals surface area contributed by atoms with Crippen LogP contribution in [0.4, 0.5) is 5.69 Å². The maximum atomic E-state index is 12.4. The van der Waals surface area contributed by atoms with Gasteiger partial charge in [0.15, 0.2) is 0 Å². The molecule has 5 heteroatoms. The van der Waals surface area contributed by atoms with E-state index in [2.05, 4.69) is 6.92 Å². The van der Waals surface area contributed by atoms with E-state index in [4.69, 9.17) is 5.73 Å². The minimum absolute atomic E-state index is 0.257. The fourth-order valence-electron chi connectivity index (χ4n) is 2.47. The van der Waals surface area contributed by atoms with Crippen LogP contribution in [0.25, 0.3) is 0 Å². The van der Waals surface area contributed by atoms with E-state index < -0.39 is 0 Å². The quantitative estimate of drug-likeness (QED) is 0.697. The number of aryl methyl sites for hydroxylation is 1. The van der Waals surface area contributed by atoms with Gasteiger partial charge in [-0.05, 0) is 35.6 Å². The Bertz CT molecular complexity index is 706. The number of carbonyl (C=O) groups excluding carboxylic acids is 2. The number of nitrogen functional groups attached to an aromatic ring is 1. The first-order valence-electron chi connectivity index (χ1n) is 6.43. The number of benzene rings is 1. The molecule has 4 nitrogen and oxygen atoms in total. The van der Waals surface area contributed by atoms with E-state index in [1.165, 1.54) is 10.5 Å². The average molecular weight is 286 g/mol. The number of anilines is 1. The van der Waals surface area contributed by atoms with Gasteiger partial charge in [-0.15, -0.1) is 11.3 Å². The molecule has 2 amide bonds. The number of imide groups is 1. The molecule has 0 atom stereocenters. The van der Waals surface area contributed by atoms with Gasteiger partial charge in [-0.2, -0.15) is 0 Å². The molecule has 1 aromatic heterocycles. The van der Waals surface area contributed by atoms with Crippen LogP contribution >= 0.6 is 11.3 Å². The molecule has 0 saturated heterocycles. The van der Waals surface area contributed by atoms with E-state index in [-0.39, 0.29) is 11.8 Å². The first-order valence-corrected chi connectivity index (χ1v) is 7.31. The van der Waals surface area contributed by atoms with Crippen molar-refractivity contribution in [1.29, 1.82) is 0 Å². The average Bonchev–Trinajstić information content (AvgIpc) is 2.98. The molecule has 0 fully saturated rings. The van der Waals surface area contributed by atoms with Crippen molar-refractivity contribution in [3.8, 4) is 0 Å². The Morgan fingerprint density at radius 1 is 1.20 bits per heavy atom. The van der Waals surface area contributed by atoms with Gasteiger partial charge >= 0.3 is 0 Å². The normalized spacial score (nSPS) is 13.9. The number of rotatable bonds is 3. The molecule has 0 radical (unpaired) electrons. The van der Waals surface area contributed by atoms with Gasteiger partial charge in [-0.25, -0.2) is 0 Å². The zero-order valence-electron chi connectivity index (χ0n) is 11.1. The van der Waals surface area contributed by atoms with Gasteiger partial charge in [-0.1, -0.05) is 13.0 Å². The van der Waals surface area contributed by atoms with E-state index >= 15 is 0 Å². The summed E-state index contributed by atoms with van der Waals surface area (Å²) < 4.78 is 0. The number of nitrogens with two attached hydrogens (primary N) is 1. The van der Waals surface area contributed by atoms with Crippen molar-refractivity contribution in [1.82, 2.24) is 4.90 Å². The highest BCUT2D eigenvalue weighted by molar-refractivity contribution is 7.10. The van der Waals surface area contributed by atoms with Crippen LogP contribution in [0.1, 0.15) is 38.1 Å². The number of hydrogen-bond donors (Lipinski definition) is 1. The molecule has 3 rings (SSSR count). The molecule has 1 aromatic carbocycles. The summed E-state index contributed by atoms with van der Waals surface area (Å²) >= 11 is 1.57. The Morgan fingerprint density at radius 2 is 2.00 bits per heavy atom. The Hall–Kier alpha value is -2.14. The lowest BCUT2D eigenvalue weighted by Gasteiger charge is -2.13. The second kappa shape index (κ2) is 4.76. The summed E-state index contributed by atoms with van der Waals surface area (Å²) in [6, 6.07) is 7.04. The second-order valence-corrected chi connectivity index (χ2v) is 5.69. The number of thiophene rings is 1. The lowest BCUT2D eigenvalue weighted by molar-refractivity contribution is 0.0644. The summed E-state index contributed by atoms with van der Waals surface area (Å²) in [6.07, 6.45) is 0.893. The van der Waals surface area contributed by atoms with Gasteiger partial charge in [0.05, 0.1) is 17.7 Å². The highest BCUT2D eigenvalue weighted by atomic mass is 32.1. The molecule has 2 heterocycles. The van der Waals surface area contributed by atoms with Crippen LogP contribution in [-0.4, -0.2) is 16.7 Å². The van der Waals surface area contributed by atoms with Gasteiger partial charge in [0, 0.05) is 10.6 Å². The lowest BCUT2D eigenvalue weighted by atomic mass is 10.1. The zero-order valence-corrected chi connectivity index (χ0v) is 11.9. The van der Waals surface area contributed by atoms with Gasteiger partial charge in [-0.3, -0.25) is 14.5 Å². The van der Waals surface area contributed by atoms with Crippen LogP contribution < -0.4 is 5.73 Å². The smallest absolute Gasteiger partial charge is 0.263 e. The molecule has 1 aliphatic heterocycles. The fourth-order valence-corrected chi connectivity index (χ4v) is 3.43. The molecule has 0 spiro atoms. The third-order valence-electron chi connectivity index (χ3n) is 3.55. The van der Waals surface area contributed by atoms with Crippen molar-refractivity contribution >= 4 is 28.8 Å². The van der Waals surface area contributed by atoms with E-state index in [0.717, 1.165) is 11.3 Å². The first kappa shape index (κ1) is 12.9. The number of fused-ring (bicyclic) bond motifs is 1. The zero-order chi connectivity index (χ0) is 14.3. The molecule has 1 aliphatic rings. The van der Waals surface area contributed by atoms with Crippen LogP contribution in [0.15, 0.2) is 29.6 Å². The maximum Gasteiger partial charge on any atom is 0.263 e. The van der Waals surface area contributed by atoms with Crippen molar-refractivity contribution in [3.63, 3.8) is 0 Å². The van der Waals surface area contributed by atoms with Crippen molar-refractivity contribution in [3.05, 3.63) is 51.2 Å². The minimum atomic E-state index is -0.293. The minimum Gasteiger partial charge on any atom is -0.398 e. The predicted octanol–water partition coefficient (Wildman–Crippen LogP) is 2.69. The van der Waals surface area contributed by atoms with E-state index in [1.54, 1.807) is 29.5 Å². The summed E-state index contributed by atoms with van der Waals surface area (Å²) in [4.78, 5) is 27.1. The first-order chi connectivity index (χ1) is 9.63. The lowest BCUT2D eigenvalue weighted by Crippen LogP contribution is -2.29. The van der Waals surface area contributed by atoms with Crippen LogP contribution in [0, 0.1) is 0 Å². The molecular formula is C15H14N2O2S. The van der Waals surface area contributed by atoms with Gasteiger partial charge in [0.25, 0.3) is 11.8 Å². The van der Waals surface area contributed by atoms with Crippen LogP contribution in [0.2, 0.25) is 0 Å². The summed E-state index contributed by atoms with van der Waals surface area (Å²) in [7, 11) is 0. The molecule has 0 aliphatic carbocycles. The number of hydrogen-bond acceptors (Lipinski definition) is 4. The van der Waals surface area contributed by atoms with Crippen molar-refractivity contribution < 1.29 is 9.59 Å². The van der Waals surface area contributed by atoms with Gasteiger partial charge in [0.2, 0.25) is 0 Å². The van der Waals surface area contributed by atoms with Crippen molar-refractivity contribution in [2.24, 2.45) is 0 Å². The maximum absolute atomic E-state index is 12.4. The molecule has 0 saturated carbocycles. The second-order valence-electron chi connectivity index (χ2n) is 4.69. The number of carbonyl (C=O) groups is 2. The molecule has 102 valence electrons. The predicted molar refractivity (Wildman–Crippen MR) is 78.8 cm³/mol. The number of nitrogens with zero attached hydrogens (tertiary/aromatic N) is 1. The molecule has 0 unspecified atom stereocenters. The van der Waals surface area contributed by atoms with Crippen molar-refractivity contribution in [2.45, 2.75) is 19.9 Å².